The molecule has 1 amide bonds. The zero-order valence-corrected chi connectivity index (χ0v) is 29.0. The van der Waals surface area contributed by atoms with Gasteiger partial charge in [0.05, 0.1) is 6.10 Å². The standard InChI is InChI=1S/C41H49N5O4/c1-26-20-33(38(48)22-28-6-17-36(47)18-7-28)14-19-37(26)30-8-2-27(3-9-30)21-34(23-39(49)31-10-4-29(24-42)5-11-31)41(50)45-35-15-12-32(13-16-35)40-43-25-44-46-40/h2-3,8-9,12-16,19-20,28-29,31,34,36,47H,4-7,10-11,17-18,21-25,42H2,1H3,(H,45,50)/t28?,29?,31?,34-,36?/m1/s1. The second kappa shape index (κ2) is 16.6. The molecule has 0 bridgehead atoms. The topological polar surface area (TPSA) is 147 Å². The number of amides is 1. The number of ketones is 2. The number of benzene rings is 3. The van der Waals surface area contributed by atoms with Crippen molar-refractivity contribution in [1.29, 1.82) is 0 Å². The van der Waals surface area contributed by atoms with E-state index >= 15 is 0 Å². The fourth-order valence-electron chi connectivity index (χ4n) is 7.71. The first-order chi connectivity index (χ1) is 24.2. The first-order valence-corrected chi connectivity index (χ1v) is 18.2. The van der Waals surface area contributed by atoms with E-state index in [0.29, 0.717) is 49.4 Å². The number of nitrogens with one attached hydrogen (secondary N) is 1. The minimum atomic E-state index is -0.521. The zero-order valence-electron chi connectivity index (χ0n) is 29.0. The largest absolute Gasteiger partial charge is 0.393 e. The average molecular weight is 676 g/mol. The molecule has 2 aliphatic carbocycles. The summed E-state index contributed by atoms with van der Waals surface area (Å²) in [6, 6.07) is 21.5. The SMILES string of the molecule is Cc1cc(C(=O)CC2CCC(O)CC2)ccc1-c1ccc(C[C@H](CC(=O)C2CCC(CN)CC2)C(=O)Nc2ccc(C3=NCN=N3)cc2)cc1. The normalized spacial score (nSPS) is 22.5. The Hall–Kier alpha value is -4.34. The molecule has 0 radical (unpaired) electrons. The second-order valence-electron chi connectivity index (χ2n) is 14.5. The summed E-state index contributed by atoms with van der Waals surface area (Å²) in [5.74, 6) is 0.999. The van der Waals surface area contributed by atoms with Crippen LogP contribution in [0.15, 0.2) is 82.0 Å². The third-order valence-corrected chi connectivity index (χ3v) is 10.9. The highest BCUT2D eigenvalue weighted by atomic mass is 16.3. The highest BCUT2D eigenvalue weighted by molar-refractivity contribution is 6.01. The molecule has 262 valence electrons. The minimum Gasteiger partial charge on any atom is -0.393 e. The number of hydrogen-bond acceptors (Lipinski definition) is 8. The third-order valence-electron chi connectivity index (χ3n) is 10.9. The van der Waals surface area contributed by atoms with Crippen LogP contribution in [0.3, 0.4) is 0 Å². The molecule has 1 heterocycles. The zero-order chi connectivity index (χ0) is 35.0. The van der Waals surface area contributed by atoms with E-state index < -0.39 is 5.92 Å². The number of hydrogen-bond donors (Lipinski definition) is 3. The number of aliphatic hydroxyl groups excluding tert-OH is 1. The molecule has 1 atom stereocenters. The molecule has 3 aromatic rings. The first kappa shape index (κ1) is 35.5. The number of aliphatic imine (C=N–C) groups is 1. The van der Waals surface area contributed by atoms with Crippen molar-refractivity contribution in [2.24, 2.45) is 44.6 Å². The van der Waals surface area contributed by atoms with Gasteiger partial charge in [-0.15, -0.1) is 5.11 Å². The van der Waals surface area contributed by atoms with Crippen molar-refractivity contribution in [1.82, 2.24) is 0 Å². The van der Waals surface area contributed by atoms with Crippen LogP contribution in [-0.2, 0) is 16.0 Å². The Bertz CT molecular complexity index is 1720. The highest BCUT2D eigenvalue weighted by Gasteiger charge is 2.30. The molecule has 0 aromatic heterocycles. The number of rotatable bonds is 13. The fourth-order valence-corrected chi connectivity index (χ4v) is 7.71. The molecule has 1 aliphatic heterocycles. The lowest BCUT2D eigenvalue weighted by atomic mass is 9.77. The van der Waals surface area contributed by atoms with Gasteiger partial charge in [0, 0.05) is 41.5 Å². The first-order valence-electron chi connectivity index (χ1n) is 18.2. The Labute approximate surface area is 294 Å². The lowest BCUT2D eigenvalue weighted by Gasteiger charge is -2.27. The van der Waals surface area contributed by atoms with E-state index in [1.807, 2.05) is 61.5 Å². The monoisotopic (exact) mass is 675 g/mol. The Morgan fingerprint density at radius 2 is 1.54 bits per heavy atom. The number of azo groups is 1. The van der Waals surface area contributed by atoms with E-state index in [4.69, 9.17) is 5.73 Å². The van der Waals surface area contributed by atoms with Gasteiger partial charge in [-0.3, -0.25) is 14.4 Å². The molecule has 2 fully saturated rings. The number of nitrogens with zero attached hydrogens (tertiary/aromatic N) is 3. The smallest absolute Gasteiger partial charge is 0.228 e. The van der Waals surface area contributed by atoms with Crippen LogP contribution in [0.5, 0.6) is 0 Å². The summed E-state index contributed by atoms with van der Waals surface area (Å²) in [5, 5.41) is 20.8. The van der Waals surface area contributed by atoms with Crippen LogP contribution >= 0.6 is 0 Å². The number of carbonyl (C=O) groups excluding carboxylic acids is 3. The molecule has 6 rings (SSSR count). The van der Waals surface area contributed by atoms with Gasteiger partial charge < -0.3 is 16.2 Å². The van der Waals surface area contributed by atoms with E-state index in [9.17, 15) is 19.5 Å². The average Bonchev–Trinajstić information content (AvgIpc) is 3.68. The van der Waals surface area contributed by atoms with Crippen molar-refractivity contribution >= 4 is 29.0 Å². The predicted molar refractivity (Wildman–Crippen MR) is 196 cm³/mol. The van der Waals surface area contributed by atoms with E-state index in [2.05, 4.69) is 32.7 Å². The highest BCUT2D eigenvalue weighted by Crippen LogP contribution is 2.32. The lowest BCUT2D eigenvalue weighted by molar-refractivity contribution is -0.129. The number of Topliss-reactive ketones (excluding diaryl/α,β-unsaturated/α-hetero) is 2. The summed E-state index contributed by atoms with van der Waals surface area (Å²) in [6.45, 7) is 3.02. The molecule has 0 unspecified atom stereocenters. The lowest BCUT2D eigenvalue weighted by Crippen LogP contribution is -2.31. The summed E-state index contributed by atoms with van der Waals surface area (Å²) in [6.07, 6.45) is 7.90. The molecule has 4 N–H and O–H groups in total. The summed E-state index contributed by atoms with van der Waals surface area (Å²) in [4.78, 5) is 44.6. The minimum absolute atomic E-state index is 0.0236. The van der Waals surface area contributed by atoms with Gasteiger partial charge in [-0.2, -0.15) is 5.11 Å². The second-order valence-corrected chi connectivity index (χ2v) is 14.5. The number of aliphatic hydroxyl groups is 1. The Balaban J connectivity index is 1.13. The molecule has 0 spiro atoms. The van der Waals surface area contributed by atoms with E-state index in [1.165, 1.54) is 0 Å². The molecule has 3 aromatic carbocycles. The molecule has 9 nitrogen and oxygen atoms in total. The Morgan fingerprint density at radius 1 is 0.860 bits per heavy atom. The maximum absolute atomic E-state index is 13.8. The number of aryl methyl sites for hydroxylation is 1. The van der Waals surface area contributed by atoms with E-state index in [1.54, 1.807) is 0 Å². The Morgan fingerprint density at radius 3 is 2.18 bits per heavy atom. The van der Waals surface area contributed by atoms with Crippen molar-refractivity contribution in [2.75, 3.05) is 18.5 Å². The van der Waals surface area contributed by atoms with Gasteiger partial charge in [0.15, 0.2) is 18.3 Å². The van der Waals surface area contributed by atoms with Crippen LogP contribution in [0.2, 0.25) is 0 Å². The molecule has 50 heavy (non-hydrogen) atoms. The van der Waals surface area contributed by atoms with Crippen molar-refractivity contribution in [3.05, 3.63) is 89.0 Å². The van der Waals surface area contributed by atoms with Gasteiger partial charge in [-0.05, 0) is 136 Å². The van der Waals surface area contributed by atoms with Crippen molar-refractivity contribution in [3.63, 3.8) is 0 Å². The number of anilines is 1. The molecule has 3 aliphatic rings. The van der Waals surface area contributed by atoms with Crippen LogP contribution < -0.4 is 11.1 Å². The van der Waals surface area contributed by atoms with Gasteiger partial charge in [0.2, 0.25) is 5.91 Å². The van der Waals surface area contributed by atoms with Crippen LogP contribution in [0, 0.1) is 30.6 Å². The van der Waals surface area contributed by atoms with Crippen LogP contribution in [0.4, 0.5) is 5.69 Å². The van der Waals surface area contributed by atoms with E-state index in [0.717, 1.165) is 84.7 Å². The molecule has 0 saturated heterocycles. The van der Waals surface area contributed by atoms with Crippen molar-refractivity contribution < 1.29 is 19.5 Å². The van der Waals surface area contributed by atoms with Gasteiger partial charge in [-0.1, -0.05) is 36.4 Å². The maximum atomic E-state index is 13.8. The van der Waals surface area contributed by atoms with Crippen LogP contribution in [0.1, 0.15) is 91.3 Å². The van der Waals surface area contributed by atoms with Crippen molar-refractivity contribution in [2.45, 2.75) is 83.7 Å². The maximum Gasteiger partial charge on any atom is 0.228 e. The van der Waals surface area contributed by atoms with Crippen LogP contribution in [0.25, 0.3) is 11.1 Å². The number of nitrogens with two attached hydrogens (primary N) is 1. The molecular formula is C41H49N5O4. The summed E-state index contributed by atoms with van der Waals surface area (Å²) in [7, 11) is 0. The third kappa shape index (κ3) is 9.06. The van der Waals surface area contributed by atoms with Crippen LogP contribution in [-0.4, -0.2) is 47.7 Å². The van der Waals surface area contributed by atoms with Gasteiger partial charge >= 0.3 is 0 Å². The molecule has 2 saturated carbocycles. The summed E-state index contributed by atoms with van der Waals surface area (Å²) in [5.41, 5.74) is 12.2. The number of carbonyl (C=O) groups is 3. The molecule has 9 heteroatoms. The Kier molecular flexibility index (Phi) is 11.8. The number of amidine groups is 1. The van der Waals surface area contributed by atoms with Gasteiger partial charge in [0.1, 0.15) is 5.78 Å². The quantitative estimate of drug-likeness (QED) is 0.161. The van der Waals surface area contributed by atoms with Gasteiger partial charge in [-0.25, -0.2) is 4.99 Å². The molecular weight excluding hydrogens is 626 g/mol. The summed E-state index contributed by atoms with van der Waals surface area (Å²) >= 11 is 0. The van der Waals surface area contributed by atoms with Gasteiger partial charge in [0.25, 0.3) is 0 Å². The van der Waals surface area contributed by atoms with Crippen molar-refractivity contribution in [3.8, 4) is 11.1 Å². The fraction of sp³-hybridized carbons (Fsp3) is 0.463. The van der Waals surface area contributed by atoms with E-state index in [-0.39, 0.29) is 35.9 Å². The predicted octanol–water partition coefficient (Wildman–Crippen LogP) is 7.48. The summed E-state index contributed by atoms with van der Waals surface area (Å²) < 4.78 is 0.